The van der Waals surface area contributed by atoms with E-state index in [0.29, 0.717) is 28.4 Å². The molecule has 0 bridgehead atoms. The molecule has 0 unspecified atom stereocenters. The highest BCUT2D eigenvalue weighted by Crippen LogP contribution is 2.39. The minimum absolute atomic E-state index is 0. The number of benzene rings is 3. The van der Waals surface area contributed by atoms with E-state index in [1.54, 1.807) is 7.05 Å². The van der Waals surface area contributed by atoms with Crippen LogP contribution in [0.5, 0.6) is 0 Å². The number of nitrogens with zero attached hydrogens (tertiary/aromatic N) is 10. The number of nitro benzene ring substituents is 3. The molecule has 24 nitrogen and oxygen atoms in total. The number of sulfonamides is 3. The monoisotopic (exact) mass is 974 g/mol. The summed E-state index contributed by atoms with van der Waals surface area (Å²) in [6.07, 6.45) is 2.32. The average Bonchev–Trinajstić information content (AvgIpc) is 3.71. The van der Waals surface area contributed by atoms with E-state index in [1.807, 2.05) is 13.8 Å². The van der Waals surface area contributed by atoms with E-state index < -0.39 is 50.7 Å². The summed E-state index contributed by atoms with van der Waals surface area (Å²) >= 11 is 17.9. The first-order valence-electron chi connectivity index (χ1n) is 15.9. The van der Waals surface area contributed by atoms with Crippen molar-refractivity contribution in [1.29, 1.82) is 0 Å². The number of aromatic nitrogens is 6. The van der Waals surface area contributed by atoms with Crippen LogP contribution >= 0.6 is 34.8 Å². The van der Waals surface area contributed by atoms with Crippen LogP contribution in [0.2, 0.25) is 15.1 Å². The Labute approximate surface area is 364 Å². The fourth-order valence-electron chi connectivity index (χ4n) is 5.46. The van der Waals surface area contributed by atoms with Gasteiger partial charge in [0.15, 0.2) is 17.5 Å². The van der Waals surface area contributed by atoms with Gasteiger partial charge >= 0.3 is 0 Å². The Balaban J connectivity index is 0.000000449. The number of rotatable bonds is 8. The maximum atomic E-state index is 11.9. The van der Waals surface area contributed by atoms with Crippen LogP contribution in [-0.4, -0.2) is 88.1 Å². The summed E-state index contributed by atoms with van der Waals surface area (Å²) in [6, 6.07) is 7.66. The van der Waals surface area contributed by atoms with Crippen LogP contribution in [0.4, 0.5) is 34.5 Å². The summed E-state index contributed by atoms with van der Waals surface area (Å²) < 4.78 is 75.9. The second-order valence-electron chi connectivity index (χ2n) is 11.7. The lowest BCUT2D eigenvalue weighted by molar-refractivity contribution is -0.383. The molecule has 0 saturated heterocycles. The molecule has 0 aliphatic rings. The molecule has 0 fully saturated rings. The number of hydrogen-bond donors (Lipinski definition) is 2. The van der Waals surface area contributed by atoms with Gasteiger partial charge in [-0.05, 0) is 18.2 Å². The van der Waals surface area contributed by atoms with Crippen LogP contribution in [0, 0.1) is 30.3 Å². The third kappa shape index (κ3) is 11.4. The normalized spacial score (nSPS) is 11.1. The number of aryl methyl sites for hydroxylation is 3. The van der Waals surface area contributed by atoms with Crippen molar-refractivity contribution in [1.82, 2.24) is 29.3 Å². The largest absolute Gasteiger partial charge is 0.382 e. The highest BCUT2D eigenvalue weighted by Gasteiger charge is 2.34. The number of halogens is 3. The molecule has 6 rings (SSSR count). The molecular weight excluding hydrogens is 935 g/mol. The molecule has 3 aromatic carbocycles. The van der Waals surface area contributed by atoms with Crippen LogP contribution < -0.4 is 14.2 Å². The maximum absolute atomic E-state index is 11.9. The van der Waals surface area contributed by atoms with E-state index in [1.165, 1.54) is 53.8 Å². The van der Waals surface area contributed by atoms with Gasteiger partial charge in [-0.1, -0.05) is 63.5 Å². The fraction of sp³-hybridized carbons (Fsp3) is 0.323. The van der Waals surface area contributed by atoms with Gasteiger partial charge in [0.1, 0.15) is 16.6 Å². The Hall–Kier alpha value is -5.61. The molecule has 0 atom stereocenters. The molecule has 0 aliphatic carbocycles. The molecule has 3 N–H and O–H groups in total. The van der Waals surface area contributed by atoms with E-state index in [9.17, 15) is 55.6 Å². The number of anilines is 3. The van der Waals surface area contributed by atoms with Gasteiger partial charge < -0.3 is 5.73 Å². The van der Waals surface area contributed by atoms with Crippen LogP contribution in [-0.2, 0) is 51.2 Å². The van der Waals surface area contributed by atoms with Gasteiger partial charge in [0.25, 0.3) is 17.1 Å². The molecule has 6 aromatic rings. The molecule has 3 aromatic heterocycles. The second kappa shape index (κ2) is 19.8. The lowest BCUT2D eigenvalue weighted by atomic mass is 10.2. The molecular formula is C31H41Cl3N12O12S3. The van der Waals surface area contributed by atoms with Gasteiger partial charge in [0, 0.05) is 39.3 Å². The molecule has 0 spiro atoms. The predicted octanol–water partition coefficient (Wildman–Crippen LogP) is 6.38. The Bertz CT molecular complexity index is 2980. The van der Waals surface area contributed by atoms with E-state index in [-0.39, 0.29) is 79.1 Å². The van der Waals surface area contributed by atoms with Crippen molar-refractivity contribution in [3.63, 3.8) is 0 Å². The predicted molar refractivity (Wildman–Crippen MR) is 237 cm³/mol. The molecule has 336 valence electrons. The van der Waals surface area contributed by atoms with Crippen LogP contribution in [0.3, 0.4) is 0 Å². The highest BCUT2D eigenvalue weighted by molar-refractivity contribution is 8.09. The Morgan fingerprint density at radius 3 is 1.31 bits per heavy atom. The van der Waals surface area contributed by atoms with Crippen molar-refractivity contribution in [2.24, 2.45) is 21.1 Å². The second-order valence-corrected chi connectivity index (χ2v) is 18.5. The molecule has 3 heterocycles. The van der Waals surface area contributed by atoms with Gasteiger partial charge in [-0.3, -0.25) is 49.1 Å². The van der Waals surface area contributed by atoms with Gasteiger partial charge in [-0.2, -0.15) is 15.3 Å². The van der Waals surface area contributed by atoms with E-state index in [0.717, 1.165) is 17.0 Å². The summed E-state index contributed by atoms with van der Waals surface area (Å²) in [7, 11) is -7.71. The van der Waals surface area contributed by atoms with Crippen LogP contribution in [0.15, 0.2) is 36.4 Å². The Kier molecular flexibility index (Phi) is 17.4. The summed E-state index contributed by atoms with van der Waals surface area (Å²) in [5.74, 6) is -0.351. The van der Waals surface area contributed by atoms with Crippen molar-refractivity contribution in [2.45, 2.75) is 28.7 Å². The average molecular weight is 976 g/mol. The van der Waals surface area contributed by atoms with Gasteiger partial charge in [0.2, 0.25) is 30.1 Å². The number of nitrogens with one attached hydrogen (secondary N) is 1. The molecule has 61 heavy (non-hydrogen) atoms. The Morgan fingerprint density at radius 2 is 0.934 bits per heavy atom. The number of nitrogens with two attached hydrogens (primary N) is 1. The lowest BCUT2D eigenvalue weighted by Gasteiger charge is -2.17. The number of nitrogen functional groups attached to an aromatic ring is 1. The quantitative estimate of drug-likeness (QED) is 0.123. The van der Waals surface area contributed by atoms with Gasteiger partial charge in [-0.15, -0.1) is 3.71 Å². The summed E-state index contributed by atoms with van der Waals surface area (Å²) in [5, 5.41) is 45.4. The smallest absolute Gasteiger partial charge is 0.295 e. The summed E-state index contributed by atoms with van der Waals surface area (Å²) in [4.78, 5) is 31.1. The van der Waals surface area contributed by atoms with Crippen LogP contribution in [0.1, 0.15) is 28.7 Å². The van der Waals surface area contributed by atoms with Crippen molar-refractivity contribution in [2.75, 3.05) is 32.9 Å². The maximum Gasteiger partial charge on any atom is 0.295 e. The molecule has 0 saturated carbocycles. The molecule has 0 radical (unpaired) electrons. The van der Waals surface area contributed by atoms with Crippen molar-refractivity contribution in [3.05, 3.63) is 81.8 Å². The van der Waals surface area contributed by atoms with Gasteiger partial charge in [-0.25, -0.2) is 25.3 Å². The number of non-ortho nitro benzene ring substituents is 3. The zero-order chi connectivity index (χ0) is 45.3. The fourth-order valence-corrected chi connectivity index (χ4v) is 9.54. The van der Waals surface area contributed by atoms with Crippen molar-refractivity contribution >= 4 is 132 Å². The number of fused-ring (bicyclic) bond motifs is 3. The minimum Gasteiger partial charge on any atom is -0.382 e. The first kappa shape index (κ1) is 53.4. The summed E-state index contributed by atoms with van der Waals surface area (Å²) in [5.41, 5.74) is 5.38. The van der Waals surface area contributed by atoms with E-state index in [2.05, 4.69) is 20.0 Å². The molecule has 30 heteroatoms. The number of hydrogen-bond acceptors (Lipinski definition) is 16. The SMILES string of the molecule is C.C.CC.Cn1nc(N(S(C)(=O)=O)S(C)(=O)=O)c2c(Cl)ccc([N+](=O)[O-])c21.Cn1nc(N)c2c(Cl)ccc([N+](=O)[O-])c21.Cn1nc(NS(C)(=O)=O)c2c(Cl)ccc([N+](=O)[O-])c21. The minimum atomic E-state index is -4.26. The van der Waals surface area contributed by atoms with E-state index >= 15 is 0 Å². The molecule has 0 amide bonds. The van der Waals surface area contributed by atoms with Crippen molar-refractivity contribution < 1.29 is 40.0 Å². The first-order chi connectivity index (χ1) is 27.1. The third-order valence-corrected chi connectivity index (χ3v) is 12.1. The van der Waals surface area contributed by atoms with E-state index in [4.69, 9.17) is 40.5 Å². The van der Waals surface area contributed by atoms with Gasteiger partial charge in [0.05, 0.1) is 64.8 Å². The Morgan fingerprint density at radius 1 is 0.607 bits per heavy atom. The zero-order valence-corrected chi connectivity index (χ0v) is 36.5. The lowest BCUT2D eigenvalue weighted by Crippen LogP contribution is -2.35. The highest BCUT2D eigenvalue weighted by atomic mass is 35.5. The standard InChI is InChI=1S/C10H11ClN4O6S2.C9H9ClN4O4S.C8H7ClN4O2.C2H6.2CH4/c1-13-9-7(14(16)17)5-4-6(11)8(9)10(12-13)15(22(2,18)19)23(3,20)21;1-13-8-6(14(15)16)4-3-5(10)7(8)9(11-13)12-19(2,17)18;1-12-7-5(13(14)15)3-2-4(9)6(7)8(10)11-12;1-2;;/h4-5H,1-3H3;3-4H,1-2H3,(H,11,12);2-3H,1H3,(H2,10,11);1-2H3;2*1H4. The topological polar surface area (TPSA) is 327 Å². The first-order valence-corrected chi connectivity index (χ1v) is 22.6. The zero-order valence-electron chi connectivity index (χ0n) is 31.8. The third-order valence-electron chi connectivity index (χ3n) is 7.40. The van der Waals surface area contributed by atoms with Crippen LogP contribution in [0.25, 0.3) is 32.7 Å². The number of nitro groups is 3. The molecule has 0 aliphatic heterocycles. The van der Waals surface area contributed by atoms with Crippen molar-refractivity contribution in [3.8, 4) is 0 Å². The summed E-state index contributed by atoms with van der Waals surface area (Å²) in [6.45, 7) is 4.00.